The monoisotopic (exact) mass is 403 g/mol. The van der Waals surface area contributed by atoms with Crippen LogP contribution >= 0.6 is 15.9 Å². The summed E-state index contributed by atoms with van der Waals surface area (Å²) in [4.78, 5) is 20.8. The van der Waals surface area contributed by atoms with Gasteiger partial charge in [0.1, 0.15) is 11.6 Å². The molecule has 0 radical (unpaired) electrons. The maximum Gasteiger partial charge on any atom is 0.260 e. The summed E-state index contributed by atoms with van der Waals surface area (Å²) in [5.41, 5.74) is 2.21. The van der Waals surface area contributed by atoms with Gasteiger partial charge in [0.25, 0.3) is 5.91 Å². The lowest BCUT2D eigenvalue weighted by atomic mass is 10.1. The Morgan fingerprint density at radius 3 is 2.44 bits per heavy atom. The number of halogens is 1. The van der Waals surface area contributed by atoms with E-state index in [0.717, 1.165) is 40.3 Å². The van der Waals surface area contributed by atoms with E-state index in [-0.39, 0.29) is 12.5 Å². The number of ether oxygens (including phenoxy) is 1. The van der Waals surface area contributed by atoms with Crippen molar-refractivity contribution in [3.63, 3.8) is 0 Å². The molecule has 6 heteroatoms. The molecule has 1 aliphatic rings. The summed E-state index contributed by atoms with van der Waals surface area (Å²) in [6.07, 6.45) is 1.79. The summed E-state index contributed by atoms with van der Waals surface area (Å²) < 4.78 is 6.79. The van der Waals surface area contributed by atoms with Crippen molar-refractivity contribution < 1.29 is 9.53 Å². The number of carbonyl (C=O) groups excluding carboxylic acids is 1. The molecule has 0 atom stereocenters. The van der Waals surface area contributed by atoms with Crippen LogP contribution in [-0.2, 0) is 4.79 Å². The van der Waals surface area contributed by atoms with Crippen molar-refractivity contribution in [1.82, 2.24) is 9.88 Å². The minimum absolute atomic E-state index is 0.0268. The molecule has 0 spiro atoms. The molecule has 0 N–H and O–H groups in total. The van der Waals surface area contributed by atoms with Crippen LogP contribution in [-0.4, -0.2) is 48.6 Å². The third kappa shape index (κ3) is 4.31. The van der Waals surface area contributed by atoms with E-state index in [4.69, 9.17) is 4.74 Å². The van der Waals surface area contributed by atoms with Crippen LogP contribution in [0.1, 0.15) is 11.1 Å². The smallest absolute Gasteiger partial charge is 0.260 e. The molecule has 0 aliphatic carbocycles. The van der Waals surface area contributed by atoms with Crippen LogP contribution in [0.25, 0.3) is 0 Å². The summed E-state index contributed by atoms with van der Waals surface area (Å²) in [5, 5.41) is 0. The van der Waals surface area contributed by atoms with Crippen molar-refractivity contribution in [1.29, 1.82) is 0 Å². The van der Waals surface area contributed by atoms with Crippen LogP contribution in [0.3, 0.4) is 0 Å². The molecule has 25 heavy (non-hydrogen) atoms. The van der Waals surface area contributed by atoms with Crippen LogP contribution in [0.5, 0.6) is 5.75 Å². The van der Waals surface area contributed by atoms with Gasteiger partial charge in [-0.1, -0.05) is 22.0 Å². The summed E-state index contributed by atoms with van der Waals surface area (Å²) in [7, 11) is 0. The number of carbonyl (C=O) groups is 1. The minimum atomic E-state index is 0.0268. The van der Waals surface area contributed by atoms with Gasteiger partial charge in [-0.2, -0.15) is 0 Å². The standard InChI is InChI=1S/C19H22BrN3O2/c1-14-11-16(12-15(2)19(14)20)25-13-18(24)23-9-7-22(8-10-23)17-5-3-4-6-21-17/h3-6,11-12H,7-10,13H2,1-2H3. The fourth-order valence-electron chi connectivity index (χ4n) is 2.95. The Morgan fingerprint density at radius 1 is 1.16 bits per heavy atom. The molecule has 1 fully saturated rings. The van der Waals surface area contributed by atoms with Gasteiger partial charge >= 0.3 is 0 Å². The van der Waals surface area contributed by atoms with E-state index in [1.165, 1.54) is 0 Å². The Kier molecular flexibility index (Phi) is 5.58. The summed E-state index contributed by atoms with van der Waals surface area (Å²) in [6.45, 7) is 7.07. The first-order valence-electron chi connectivity index (χ1n) is 8.38. The van der Waals surface area contributed by atoms with E-state index < -0.39 is 0 Å². The predicted molar refractivity (Wildman–Crippen MR) is 102 cm³/mol. The number of aromatic nitrogens is 1. The normalized spacial score (nSPS) is 14.5. The Bertz CT molecular complexity index is 721. The van der Waals surface area contributed by atoms with Gasteiger partial charge in [0, 0.05) is 36.8 Å². The Labute approximate surface area is 156 Å². The van der Waals surface area contributed by atoms with Gasteiger partial charge in [-0.3, -0.25) is 4.79 Å². The van der Waals surface area contributed by atoms with Crippen LogP contribution in [0.4, 0.5) is 5.82 Å². The largest absolute Gasteiger partial charge is 0.484 e. The zero-order chi connectivity index (χ0) is 17.8. The van der Waals surface area contributed by atoms with E-state index in [0.29, 0.717) is 13.1 Å². The van der Waals surface area contributed by atoms with E-state index in [2.05, 4.69) is 25.8 Å². The van der Waals surface area contributed by atoms with Crippen molar-refractivity contribution in [2.45, 2.75) is 13.8 Å². The lowest BCUT2D eigenvalue weighted by Crippen LogP contribution is -2.50. The van der Waals surface area contributed by atoms with Gasteiger partial charge in [0.05, 0.1) is 0 Å². The second-order valence-corrected chi connectivity index (χ2v) is 7.01. The number of hydrogen-bond donors (Lipinski definition) is 0. The molecular weight excluding hydrogens is 382 g/mol. The van der Waals surface area contributed by atoms with Crippen molar-refractivity contribution in [3.05, 3.63) is 52.1 Å². The molecule has 1 saturated heterocycles. The second kappa shape index (κ2) is 7.87. The first kappa shape index (κ1) is 17.7. The van der Waals surface area contributed by atoms with E-state index in [9.17, 15) is 4.79 Å². The topological polar surface area (TPSA) is 45.7 Å². The Balaban J connectivity index is 1.51. The molecule has 1 aromatic carbocycles. The Hall–Kier alpha value is -2.08. The molecule has 132 valence electrons. The summed E-state index contributed by atoms with van der Waals surface area (Å²) in [5.74, 6) is 1.73. The number of rotatable bonds is 4. The van der Waals surface area contributed by atoms with Crippen LogP contribution in [0, 0.1) is 13.8 Å². The molecule has 1 aliphatic heterocycles. The van der Waals surface area contributed by atoms with E-state index in [1.807, 2.05) is 49.1 Å². The van der Waals surface area contributed by atoms with Crippen molar-refractivity contribution in [3.8, 4) is 5.75 Å². The maximum atomic E-state index is 12.4. The fraction of sp³-hybridized carbons (Fsp3) is 0.368. The van der Waals surface area contributed by atoms with E-state index in [1.54, 1.807) is 6.20 Å². The number of aryl methyl sites for hydroxylation is 2. The van der Waals surface area contributed by atoms with Crippen LogP contribution in [0.2, 0.25) is 0 Å². The Morgan fingerprint density at radius 2 is 1.84 bits per heavy atom. The highest BCUT2D eigenvalue weighted by atomic mass is 79.9. The SMILES string of the molecule is Cc1cc(OCC(=O)N2CCN(c3ccccn3)CC2)cc(C)c1Br. The number of benzene rings is 1. The van der Waals surface area contributed by atoms with Gasteiger partial charge in [0.15, 0.2) is 6.61 Å². The third-order valence-electron chi connectivity index (χ3n) is 4.38. The molecule has 0 saturated carbocycles. The number of anilines is 1. The molecule has 1 aromatic heterocycles. The lowest BCUT2D eigenvalue weighted by molar-refractivity contribution is -0.133. The number of hydrogen-bond acceptors (Lipinski definition) is 4. The lowest BCUT2D eigenvalue weighted by Gasteiger charge is -2.35. The number of nitrogens with zero attached hydrogens (tertiary/aromatic N) is 3. The maximum absolute atomic E-state index is 12.4. The summed E-state index contributed by atoms with van der Waals surface area (Å²) >= 11 is 3.54. The average Bonchev–Trinajstić information content (AvgIpc) is 2.65. The minimum Gasteiger partial charge on any atom is -0.484 e. The highest BCUT2D eigenvalue weighted by Crippen LogP contribution is 2.26. The number of amides is 1. The van der Waals surface area contributed by atoms with Crippen LogP contribution < -0.4 is 9.64 Å². The van der Waals surface area contributed by atoms with Gasteiger partial charge in [0.2, 0.25) is 0 Å². The first-order chi connectivity index (χ1) is 12.0. The zero-order valence-electron chi connectivity index (χ0n) is 14.5. The van der Waals surface area contributed by atoms with Gasteiger partial charge in [-0.15, -0.1) is 0 Å². The highest BCUT2D eigenvalue weighted by molar-refractivity contribution is 9.10. The highest BCUT2D eigenvalue weighted by Gasteiger charge is 2.22. The quantitative estimate of drug-likeness (QED) is 0.786. The third-order valence-corrected chi connectivity index (χ3v) is 5.63. The average molecular weight is 404 g/mol. The molecule has 2 heterocycles. The number of piperazine rings is 1. The van der Waals surface area contributed by atoms with Crippen molar-refractivity contribution in [2.75, 3.05) is 37.7 Å². The van der Waals surface area contributed by atoms with Crippen molar-refractivity contribution in [2.24, 2.45) is 0 Å². The van der Waals surface area contributed by atoms with Gasteiger partial charge in [-0.25, -0.2) is 4.98 Å². The molecule has 0 unspecified atom stereocenters. The molecular formula is C19H22BrN3O2. The molecule has 0 bridgehead atoms. The molecule has 1 amide bonds. The van der Waals surface area contributed by atoms with Crippen molar-refractivity contribution >= 4 is 27.7 Å². The zero-order valence-corrected chi connectivity index (χ0v) is 16.1. The van der Waals surface area contributed by atoms with Crippen LogP contribution in [0.15, 0.2) is 41.0 Å². The second-order valence-electron chi connectivity index (χ2n) is 6.22. The molecule has 2 aromatic rings. The number of pyridine rings is 1. The van der Waals surface area contributed by atoms with Gasteiger partial charge in [-0.05, 0) is 49.2 Å². The summed E-state index contributed by atoms with van der Waals surface area (Å²) in [6, 6.07) is 9.79. The predicted octanol–water partition coefficient (Wildman–Crippen LogP) is 3.19. The molecule has 5 nitrogen and oxygen atoms in total. The fourth-order valence-corrected chi connectivity index (χ4v) is 3.18. The molecule has 3 rings (SSSR count). The van der Waals surface area contributed by atoms with Gasteiger partial charge < -0.3 is 14.5 Å². The van der Waals surface area contributed by atoms with E-state index >= 15 is 0 Å². The first-order valence-corrected chi connectivity index (χ1v) is 9.17.